The van der Waals surface area contributed by atoms with Gasteiger partial charge >= 0.3 is 0 Å². The number of rotatable bonds is 9. The summed E-state index contributed by atoms with van der Waals surface area (Å²) in [6.07, 6.45) is 0.970. The highest BCUT2D eigenvalue weighted by atomic mass is 16.4. The SMILES string of the molecule is CC(C)CCNC(=O)c1ccc(CN(Cc2ccccc2)C(C)C)o1. The van der Waals surface area contributed by atoms with Gasteiger partial charge in [0.05, 0.1) is 6.54 Å². The Labute approximate surface area is 151 Å². The lowest BCUT2D eigenvalue weighted by atomic mass is 10.1. The van der Waals surface area contributed by atoms with Crippen LogP contribution in [0.25, 0.3) is 0 Å². The van der Waals surface area contributed by atoms with Crippen LogP contribution < -0.4 is 5.32 Å². The van der Waals surface area contributed by atoms with Gasteiger partial charge in [-0.05, 0) is 43.9 Å². The van der Waals surface area contributed by atoms with Crippen molar-refractivity contribution in [2.24, 2.45) is 5.92 Å². The van der Waals surface area contributed by atoms with Gasteiger partial charge in [0.2, 0.25) is 0 Å². The van der Waals surface area contributed by atoms with E-state index in [4.69, 9.17) is 4.42 Å². The van der Waals surface area contributed by atoms with Crippen LogP contribution in [-0.2, 0) is 13.1 Å². The molecule has 0 fully saturated rings. The number of carbonyl (C=O) groups is 1. The summed E-state index contributed by atoms with van der Waals surface area (Å²) >= 11 is 0. The zero-order valence-corrected chi connectivity index (χ0v) is 15.8. The van der Waals surface area contributed by atoms with Crippen LogP contribution in [0.15, 0.2) is 46.9 Å². The number of benzene rings is 1. The molecule has 0 aliphatic heterocycles. The first-order chi connectivity index (χ1) is 12.0. The molecule has 1 amide bonds. The standard InChI is InChI=1S/C21H30N2O2/c1-16(2)12-13-22-21(24)20-11-10-19(25-20)15-23(17(3)4)14-18-8-6-5-7-9-18/h5-11,16-17H,12-15H2,1-4H3,(H,22,24). The Morgan fingerprint density at radius 1 is 1.04 bits per heavy atom. The van der Waals surface area contributed by atoms with E-state index in [0.29, 0.717) is 30.8 Å². The summed E-state index contributed by atoms with van der Waals surface area (Å²) in [5, 5.41) is 2.91. The zero-order chi connectivity index (χ0) is 18.2. The van der Waals surface area contributed by atoms with E-state index in [9.17, 15) is 4.79 Å². The second-order valence-corrected chi connectivity index (χ2v) is 7.19. The molecule has 0 aliphatic carbocycles. The van der Waals surface area contributed by atoms with E-state index < -0.39 is 0 Å². The first-order valence-electron chi connectivity index (χ1n) is 9.10. The van der Waals surface area contributed by atoms with Crippen molar-refractivity contribution in [3.8, 4) is 0 Å². The van der Waals surface area contributed by atoms with Gasteiger partial charge in [-0.15, -0.1) is 0 Å². The predicted octanol–water partition coefficient (Wildman–Crippen LogP) is 4.47. The van der Waals surface area contributed by atoms with Crippen LogP contribution in [0, 0.1) is 5.92 Å². The molecule has 0 spiro atoms. The molecule has 4 heteroatoms. The van der Waals surface area contributed by atoms with Crippen LogP contribution in [0.4, 0.5) is 0 Å². The largest absolute Gasteiger partial charge is 0.455 e. The Balaban J connectivity index is 1.94. The second kappa shape index (κ2) is 9.42. The smallest absolute Gasteiger partial charge is 0.286 e. The van der Waals surface area contributed by atoms with Gasteiger partial charge in [-0.25, -0.2) is 0 Å². The van der Waals surface area contributed by atoms with E-state index >= 15 is 0 Å². The molecular formula is C21H30N2O2. The van der Waals surface area contributed by atoms with E-state index in [-0.39, 0.29) is 5.91 Å². The first-order valence-corrected chi connectivity index (χ1v) is 9.10. The average molecular weight is 342 g/mol. The number of carbonyl (C=O) groups excluding carboxylic acids is 1. The van der Waals surface area contributed by atoms with Gasteiger partial charge in [-0.2, -0.15) is 0 Å². The normalized spacial score (nSPS) is 11.5. The number of nitrogens with zero attached hydrogens (tertiary/aromatic N) is 1. The maximum atomic E-state index is 12.1. The van der Waals surface area contributed by atoms with Gasteiger partial charge < -0.3 is 9.73 Å². The summed E-state index contributed by atoms with van der Waals surface area (Å²) in [6, 6.07) is 14.4. The summed E-state index contributed by atoms with van der Waals surface area (Å²) in [4.78, 5) is 14.5. The minimum atomic E-state index is -0.133. The molecule has 1 aromatic carbocycles. The third-order valence-corrected chi connectivity index (χ3v) is 4.21. The summed E-state index contributed by atoms with van der Waals surface area (Å²) < 4.78 is 5.77. The molecule has 0 saturated heterocycles. The third kappa shape index (κ3) is 6.39. The minimum Gasteiger partial charge on any atom is -0.455 e. The van der Waals surface area contributed by atoms with Crippen LogP contribution in [0.2, 0.25) is 0 Å². The van der Waals surface area contributed by atoms with E-state index in [0.717, 1.165) is 18.7 Å². The number of nitrogens with one attached hydrogen (secondary N) is 1. The van der Waals surface area contributed by atoms with Crippen molar-refractivity contribution < 1.29 is 9.21 Å². The fourth-order valence-electron chi connectivity index (χ4n) is 2.59. The van der Waals surface area contributed by atoms with Crippen LogP contribution in [0.5, 0.6) is 0 Å². The van der Waals surface area contributed by atoms with Crippen LogP contribution in [-0.4, -0.2) is 23.4 Å². The fourth-order valence-corrected chi connectivity index (χ4v) is 2.59. The zero-order valence-electron chi connectivity index (χ0n) is 15.8. The minimum absolute atomic E-state index is 0.133. The Kier molecular flexibility index (Phi) is 7.26. The average Bonchev–Trinajstić information content (AvgIpc) is 3.03. The summed E-state index contributed by atoms with van der Waals surface area (Å²) in [5.41, 5.74) is 1.27. The molecule has 1 N–H and O–H groups in total. The maximum Gasteiger partial charge on any atom is 0.286 e. The lowest BCUT2D eigenvalue weighted by molar-refractivity contribution is 0.0919. The van der Waals surface area contributed by atoms with Gasteiger partial charge in [0, 0.05) is 19.1 Å². The van der Waals surface area contributed by atoms with Gasteiger partial charge in [0.1, 0.15) is 5.76 Å². The highest BCUT2D eigenvalue weighted by Gasteiger charge is 2.15. The summed E-state index contributed by atoms with van der Waals surface area (Å²) in [6.45, 7) is 10.9. The van der Waals surface area contributed by atoms with Crippen molar-refractivity contribution in [3.63, 3.8) is 0 Å². The molecule has 2 aromatic rings. The third-order valence-electron chi connectivity index (χ3n) is 4.21. The predicted molar refractivity (Wildman–Crippen MR) is 101 cm³/mol. The lowest BCUT2D eigenvalue weighted by Gasteiger charge is -2.25. The van der Waals surface area contributed by atoms with Crippen LogP contribution >= 0.6 is 0 Å². The molecule has 4 nitrogen and oxygen atoms in total. The highest BCUT2D eigenvalue weighted by molar-refractivity contribution is 5.91. The van der Waals surface area contributed by atoms with Crippen molar-refractivity contribution in [2.45, 2.75) is 53.2 Å². The highest BCUT2D eigenvalue weighted by Crippen LogP contribution is 2.15. The van der Waals surface area contributed by atoms with E-state index in [2.05, 4.69) is 62.2 Å². The Morgan fingerprint density at radius 2 is 1.76 bits per heavy atom. The molecule has 0 saturated carbocycles. The first kappa shape index (κ1) is 19.3. The molecule has 0 bridgehead atoms. The Hall–Kier alpha value is -2.07. The van der Waals surface area contributed by atoms with Crippen molar-refractivity contribution >= 4 is 5.91 Å². The number of furan rings is 1. The van der Waals surface area contributed by atoms with Crippen LogP contribution in [0.3, 0.4) is 0 Å². The monoisotopic (exact) mass is 342 g/mol. The van der Waals surface area contributed by atoms with Crippen molar-refractivity contribution in [3.05, 3.63) is 59.5 Å². The quantitative estimate of drug-likeness (QED) is 0.731. The van der Waals surface area contributed by atoms with Crippen molar-refractivity contribution in [1.29, 1.82) is 0 Å². The maximum absolute atomic E-state index is 12.1. The number of hydrogen-bond acceptors (Lipinski definition) is 3. The number of amides is 1. The molecule has 136 valence electrons. The van der Waals surface area contributed by atoms with E-state index in [1.165, 1.54) is 5.56 Å². The summed E-state index contributed by atoms with van der Waals surface area (Å²) in [7, 11) is 0. The lowest BCUT2D eigenvalue weighted by Crippen LogP contribution is -2.29. The van der Waals surface area contributed by atoms with Crippen molar-refractivity contribution in [1.82, 2.24) is 10.2 Å². The Morgan fingerprint density at radius 3 is 2.40 bits per heavy atom. The van der Waals surface area contributed by atoms with Gasteiger partial charge in [-0.1, -0.05) is 44.2 Å². The molecule has 0 radical (unpaired) electrons. The van der Waals surface area contributed by atoms with Gasteiger partial charge in [0.15, 0.2) is 5.76 Å². The van der Waals surface area contributed by atoms with Gasteiger partial charge in [-0.3, -0.25) is 9.69 Å². The molecule has 1 heterocycles. The molecule has 1 aromatic heterocycles. The molecule has 25 heavy (non-hydrogen) atoms. The molecule has 0 atom stereocenters. The van der Waals surface area contributed by atoms with Crippen molar-refractivity contribution in [2.75, 3.05) is 6.54 Å². The van der Waals surface area contributed by atoms with E-state index in [1.54, 1.807) is 6.07 Å². The number of hydrogen-bond donors (Lipinski definition) is 1. The molecular weight excluding hydrogens is 312 g/mol. The fraction of sp³-hybridized carbons (Fsp3) is 0.476. The Bertz CT molecular complexity index is 647. The molecule has 0 aliphatic rings. The van der Waals surface area contributed by atoms with Crippen LogP contribution in [0.1, 0.15) is 56.0 Å². The summed E-state index contributed by atoms with van der Waals surface area (Å²) in [5.74, 6) is 1.65. The second-order valence-electron chi connectivity index (χ2n) is 7.19. The molecule has 2 rings (SSSR count). The van der Waals surface area contributed by atoms with Gasteiger partial charge in [0.25, 0.3) is 5.91 Å². The topological polar surface area (TPSA) is 45.5 Å². The van der Waals surface area contributed by atoms with E-state index in [1.807, 2.05) is 12.1 Å². The molecule has 0 unspecified atom stereocenters.